The number of rotatable bonds is 3. The Labute approximate surface area is 81.2 Å². The number of nitrogens with one attached hydrogen (secondary N) is 1. The molecule has 0 aliphatic carbocycles. The van der Waals surface area contributed by atoms with Gasteiger partial charge in [-0.15, -0.1) is 22.5 Å². The minimum Gasteiger partial charge on any atom is -0.369 e. The van der Waals surface area contributed by atoms with Crippen molar-refractivity contribution in [2.45, 2.75) is 6.42 Å². The van der Waals surface area contributed by atoms with Gasteiger partial charge in [0.25, 0.3) is 0 Å². The first kappa shape index (κ1) is 8.51. The standard InChI is InChI=1S/C9H9N5/c1-2-3-4-11-8-5-10-6-9-13-12-7-14(8)9/h1,5-7,11H,3-4H2. The Morgan fingerprint density at radius 1 is 1.50 bits per heavy atom. The fourth-order valence-corrected chi connectivity index (χ4v) is 1.15. The molecule has 2 aromatic rings. The highest BCUT2D eigenvalue weighted by atomic mass is 15.3. The first-order valence-corrected chi connectivity index (χ1v) is 4.23. The Morgan fingerprint density at radius 3 is 3.29 bits per heavy atom. The number of hydrogen-bond acceptors (Lipinski definition) is 4. The topological polar surface area (TPSA) is 55.1 Å². The molecule has 2 aromatic heterocycles. The molecular formula is C9H9N5. The van der Waals surface area contributed by atoms with Gasteiger partial charge in [0.2, 0.25) is 0 Å². The molecule has 1 N–H and O–H groups in total. The fourth-order valence-electron chi connectivity index (χ4n) is 1.15. The first-order valence-electron chi connectivity index (χ1n) is 4.23. The Kier molecular flexibility index (Phi) is 2.28. The zero-order valence-electron chi connectivity index (χ0n) is 7.51. The van der Waals surface area contributed by atoms with Crippen molar-refractivity contribution < 1.29 is 0 Å². The molecule has 0 fully saturated rings. The lowest BCUT2D eigenvalue weighted by atomic mass is 10.4. The molecule has 2 rings (SSSR count). The summed E-state index contributed by atoms with van der Waals surface area (Å²) in [7, 11) is 0. The van der Waals surface area contributed by atoms with E-state index in [2.05, 4.69) is 26.4 Å². The van der Waals surface area contributed by atoms with E-state index in [0.717, 1.165) is 18.0 Å². The molecule has 70 valence electrons. The third kappa shape index (κ3) is 1.50. The van der Waals surface area contributed by atoms with Gasteiger partial charge in [0.1, 0.15) is 12.1 Å². The molecule has 2 heterocycles. The number of fused-ring (bicyclic) bond motifs is 1. The van der Waals surface area contributed by atoms with Crippen molar-refractivity contribution in [3.63, 3.8) is 0 Å². The maximum Gasteiger partial charge on any atom is 0.180 e. The van der Waals surface area contributed by atoms with Crippen molar-refractivity contribution in [2.24, 2.45) is 0 Å². The van der Waals surface area contributed by atoms with E-state index >= 15 is 0 Å². The van der Waals surface area contributed by atoms with Crippen molar-refractivity contribution in [1.29, 1.82) is 0 Å². The lowest BCUT2D eigenvalue weighted by Gasteiger charge is -2.04. The summed E-state index contributed by atoms with van der Waals surface area (Å²) in [6.07, 6.45) is 10.8. The van der Waals surface area contributed by atoms with E-state index in [1.807, 2.05) is 4.40 Å². The molecule has 0 bridgehead atoms. The van der Waals surface area contributed by atoms with Crippen LogP contribution < -0.4 is 5.32 Å². The van der Waals surface area contributed by atoms with Gasteiger partial charge in [0, 0.05) is 13.0 Å². The quantitative estimate of drug-likeness (QED) is 0.563. The van der Waals surface area contributed by atoms with Crippen LogP contribution in [0.3, 0.4) is 0 Å². The predicted octanol–water partition coefficient (Wildman–Crippen LogP) is 0.559. The number of anilines is 1. The summed E-state index contributed by atoms with van der Waals surface area (Å²) in [5, 5.41) is 10.8. The highest BCUT2D eigenvalue weighted by Crippen LogP contribution is 2.06. The number of hydrogen-bond donors (Lipinski definition) is 1. The van der Waals surface area contributed by atoms with E-state index in [0.29, 0.717) is 6.42 Å². The molecule has 0 unspecified atom stereocenters. The van der Waals surface area contributed by atoms with Crippen LogP contribution in [0.4, 0.5) is 5.82 Å². The van der Waals surface area contributed by atoms with E-state index in [-0.39, 0.29) is 0 Å². The Hall–Kier alpha value is -2.09. The zero-order chi connectivity index (χ0) is 9.80. The molecule has 0 amide bonds. The molecule has 0 aliphatic heterocycles. The normalized spacial score (nSPS) is 9.93. The second-order valence-corrected chi connectivity index (χ2v) is 2.73. The monoisotopic (exact) mass is 187 g/mol. The SMILES string of the molecule is C#CCCNc1cncc2nncn12. The molecule has 0 atom stereocenters. The van der Waals surface area contributed by atoms with E-state index in [1.165, 1.54) is 0 Å². The van der Waals surface area contributed by atoms with Crippen molar-refractivity contribution >= 4 is 11.5 Å². The maximum absolute atomic E-state index is 5.15. The molecule has 0 saturated carbocycles. The van der Waals surface area contributed by atoms with Gasteiger partial charge in [0.05, 0.1) is 12.4 Å². The van der Waals surface area contributed by atoms with Gasteiger partial charge in [-0.1, -0.05) is 0 Å². The van der Waals surface area contributed by atoms with Crippen LogP contribution in [0.2, 0.25) is 0 Å². The Bertz CT molecular complexity index is 467. The second-order valence-electron chi connectivity index (χ2n) is 2.73. The third-order valence-electron chi connectivity index (χ3n) is 1.80. The number of terminal acetylenes is 1. The first-order chi connectivity index (χ1) is 6.92. The van der Waals surface area contributed by atoms with Gasteiger partial charge in [-0.05, 0) is 0 Å². The molecule has 0 aliphatic rings. The van der Waals surface area contributed by atoms with Crippen LogP contribution in [0.5, 0.6) is 0 Å². The van der Waals surface area contributed by atoms with E-state index in [9.17, 15) is 0 Å². The third-order valence-corrected chi connectivity index (χ3v) is 1.80. The highest BCUT2D eigenvalue weighted by molar-refractivity contribution is 5.45. The zero-order valence-corrected chi connectivity index (χ0v) is 7.51. The maximum atomic E-state index is 5.15. The molecule has 5 heteroatoms. The minimum atomic E-state index is 0.679. The van der Waals surface area contributed by atoms with Gasteiger partial charge in [-0.2, -0.15) is 0 Å². The molecule has 5 nitrogen and oxygen atoms in total. The van der Waals surface area contributed by atoms with Crippen LogP contribution in [0.1, 0.15) is 6.42 Å². The highest BCUT2D eigenvalue weighted by Gasteiger charge is 1.99. The van der Waals surface area contributed by atoms with E-state index in [1.54, 1.807) is 18.7 Å². The summed E-state index contributed by atoms with van der Waals surface area (Å²) >= 11 is 0. The van der Waals surface area contributed by atoms with Gasteiger partial charge in [-0.25, -0.2) is 0 Å². The Balaban J connectivity index is 2.24. The average Bonchev–Trinajstić information content (AvgIpc) is 2.67. The van der Waals surface area contributed by atoms with Crippen LogP contribution in [0.25, 0.3) is 5.65 Å². The van der Waals surface area contributed by atoms with Crippen molar-refractivity contribution in [2.75, 3.05) is 11.9 Å². The summed E-state index contributed by atoms with van der Waals surface area (Å²) in [6, 6.07) is 0. The smallest absolute Gasteiger partial charge is 0.180 e. The molecule has 0 saturated heterocycles. The summed E-state index contributed by atoms with van der Waals surface area (Å²) in [5.74, 6) is 3.41. The van der Waals surface area contributed by atoms with Crippen molar-refractivity contribution in [1.82, 2.24) is 19.6 Å². The molecule has 0 radical (unpaired) electrons. The molecule has 14 heavy (non-hydrogen) atoms. The summed E-state index contributed by atoms with van der Waals surface area (Å²) < 4.78 is 1.82. The summed E-state index contributed by atoms with van der Waals surface area (Å²) in [4.78, 5) is 4.03. The minimum absolute atomic E-state index is 0.679. The predicted molar refractivity (Wildman–Crippen MR) is 52.7 cm³/mol. The lowest BCUT2D eigenvalue weighted by Crippen LogP contribution is -2.05. The van der Waals surface area contributed by atoms with Crippen molar-refractivity contribution in [3.8, 4) is 12.3 Å². The van der Waals surface area contributed by atoms with Gasteiger partial charge < -0.3 is 5.32 Å². The largest absolute Gasteiger partial charge is 0.369 e. The summed E-state index contributed by atoms with van der Waals surface area (Å²) in [5.41, 5.74) is 0.718. The van der Waals surface area contributed by atoms with Crippen molar-refractivity contribution in [3.05, 3.63) is 18.7 Å². The van der Waals surface area contributed by atoms with Gasteiger partial charge >= 0.3 is 0 Å². The van der Waals surface area contributed by atoms with Gasteiger partial charge in [-0.3, -0.25) is 9.38 Å². The van der Waals surface area contributed by atoms with Crippen LogP contribution in [0.15, 0.2) is 18.7 Å². The van der Waals surface area contributed by atoms with E-state index < -0.39 is 0 Å². The van der Waals surface area contributed by atoms with Crippen LogP contribution >= 0.6 is 0 Å². The van der Waals surface area contributed by atoms with Gasteiger partial charge in [0.15, 0.2) is 5.65 Å². The molecule has 0 aromatic carbocycles. The fraction of sp³-hybridized carbons (Fsp3) is 0.222. The van der Waals surface area contributed by atoms with Crippen LogP contribution in [-0.4, -0.2) is 26.1 Å². The van der Waals surface area contributed by atoms with E-state index in [4.69, 9.17) is 6.42 Å². The molecular weight excluding hydrogens is 178 g/mol. The van der Waals surface area contributed by atoms with Crippen LogP contribution in [0, 0.1) is 12.3 Å². The molecule has 0 spiro atoms. The number of nitrogens with zero attached hydrogens (tertiary/aromatic N) is 4. The Morgan fingerprint density at radius 2 is 2.43 bits per heavy atom. The lowest BCUT2D eigenvalue weighted by molar-refractivity contribution is 1.03. The summed E-state index contributed by atoms with van der Waals surface area (Å²) in [6.45, 7) is 0.718. The van der Waals surface area contributed by atoms with Crippen LogP contribution in [-0.2, 0) is 0 Å². The average molecular weight is 187 g/mol. The second kappa shape index (κ2) is 3.75. The number of aromatic nitrogens is 4.